The van der Waals surface area contributed by atoms with Gasteiger partial charge in [0.25, 0.3) is 0 Å². The molecule has 0 aromatic carbocycles. The average Bonchev–Trinajstić information content (AvgIpc) is 2.74. The Bertz CT molecular complexity index is 531. The fourth-order valence-electron chi connectivity index (χ4n) is 2.23. The van der Waals surface area contributed by atoms with Crippen molar-refractivity contribution in [3.05, 3.63) is 16.5 Å². The molecular weight excluding hydrogens is 282 g/mol. The molecule has 2 rings (SSSR count). The molecule has 3 N–H and O–H groups in total. The summed E-state index contributed by atoms with van der Waals surface area (Å²) in [6, 6.07) is 1.76. The normalized spacial score (nSPS) is 18.9. The van der Waals surface area contributed by atoms with Gasteiger partial charge in [-0.05, 0) is 51.5 Å². The molecule has 0 atom stereocenters. The van der Waals surface area contributed by atoms with Gasteiger partial charge in [0.2, 0.25) is 10.0 Å². The van der Waals surface area contributed by atoms with E-state index in [1.54, 1.807) is 6.07 Å². The van der Waals surface area contributed by atoms with E-state index in [9.17, 15) is 8.42 Å². The van der Waals surface area contributed by atoms with E-state index in [4.69, 9.17) is 5.73 Å². The first-order chi connectivity index (χ1) is 8.92. The maximum atomic E-state index is 12.3. The smallest absolute Gasteiger partial charge is 0.250 e. The minimum absolute atomic E-state index is 0.0462. The monoisotopic (exact) mass is 303 g/mol. The molecule has 108 valence electrons. The fraction of sp³-hybridized carbons (Fsp3) is 0.667. The molecule has 1 fully saturated rings. The van der Waals surface area contributed by atoms with Gasteiger partial charge in [-0.2, -0.15) is 0 Å². The number of nitrogens with two attached hydrogens (primary N) is 1. The van der Waals surface area contributed by atoms with Crippen molar-refractivity contribution in [3.63, 3.8) is 0 Å². The number of nitrogens with one attached hydrogen (secondary N) is 1. The quantitative estimate of drug-likeness (QED) is 0.866. The number of likely N-dealkylation sites (tertiary alicyclic amines) is 1. The van der Waals surface area contributed by atoms with Crippen molar-refractivity contribution in [3.8, 4) is 0 Å². The predicted octanol–water partition coefficient (Wildman–Crippen LogP) is 0.888. The molecule has 0 saturated carbocycles. The molecule has 0 radical (unpaired) electrons. The second-order valence-electron chi connectivity index (χ2n) is 5.07. The van der Waals surface area contributed by atoms with Gasteiger partial charge in [0.15, 0.2) is 0 Å². The topological polar surface area (TPSA) is 75.4 Å². The summed E-state index contributed by atoms with van der Waals surface area (Å²) in [6.07, 6.45) is 1.73. The van der Waals surface area contributed by atoms with Crippen LogP contribution in [0.15, 0.2) is 10.3 Å². The number of aryl methyl sites for hydroxylation is 1. The van der Waals surface area contributed by atoms with Gasteiger partial charge in [0.05, 0.1) is 0 Å². The number of piperidine rings is 1. The number of sulfonamides is 1. The molecule has 0 amide bonds. The average molecular weight is 303 g/mol. The predicted molar refractivity (Wildman–Crippen MR) is 77.8 cm³/mol. The van der Waals surface area contributed by atoms with Crippen molar-refractivity contribution in [2.24, 2.45) is 5.73 Å². The largest absolute Gasteiger partial charge is 0.326 e. The van der Waals surface area contributed by atoms with Gasteiger partial charge in [0, 0.05) is 17.5 Å². The number of hydrogen-bond acceptors (Lipinski definition) is 5. The van der Waals surface area contributed by atoms with E-state index in [0.717, 1.165) is 36.4 Å². The highest BCUT2D eigenvalue weighted by Gasteiger charge is 2.25. The zero-order valence-corrected chi connectivity index (χ0v) is 13.0. The highest BCUT2D eigenvalue weighted by atomic mass is 32.2. The molecule has 1 aliphatic heterocycles. The van der Waals surface area contributed by atoms with Gasteiger partial charge in [-0.1, -0.05) is 0 Å². The van der Waals surface area contributed by atoms with Crippen molar-refractivity contribution in [1.82, 2.24) is 9.62 Å². The van der Waals surface area contributed by atoms with Crippen molar-refractivity contribution < 1.29 is 8.42 Å². The molecule has 19 heavy (non-hydrogen) atoms. The Morgan fingerprint density at radius 1 is 1.47 bits per heavy atom. The van der Waals surface area contributed by atoms with Crippen LogP contribution in [0.4, 0.5) is 0 Å². The van der Waals surface area contributed by atoms with Crippen LogP contribution in [-0.2, 0) is 16.6 Å². The van der Waals surface area contributed by atoms with Crippen molar-refractivity contribution in [1.29, 1.82) is 0 Å². The van der Waals surface area contributed by atoms with E-state index in [-0.39, 0.29) is 6.04 Å². The molecule has 2 heterocycles. The second-order valence-corrected chi connectivity index (χ2v) is 8.15. The Kier molecular flexibility index (Phi) is 4.62. The third-order valence-electron chi connectivity index (χ3n) is 3.49. The van der Waals surface area contributed by atoms with Gasteiger partial charge < -0.3 is 10.6 Å². The molecule has 1 aliphatic rings. The van der Waals surface area contributed by atoms with E-state index in [1.165, 1.54) is 11.3 Å². The van der Waals surface area contributed by atoms with Crippen molar-refractivity contribution in [2.45, 2.75) is 36.6 Å². The molecule has 0 spiro atoms. The Morgan fingerprint density at radius 2 is 2.11 bits per heavy atom. The van der Waals surface area contributed by atoms with Crippen LogP contribution in [0.25, 0.3) is 0 Å². The standard InChI is InChI=1S/C12H21N3O2S2/c1-9-7-12(18-11(9)8-13)19(16,17)14-10-3-5-15(2)6-4-10/h7,10,14H,3-6,8,13H2,1-2H3. The lowest BCUT2D eigenvalue weighted by molar-refractivity contribution is 0.248. The van der Waals surface area contributed by atoms with Crippen LogP contribution in [0, 0.1) is 6.92 Å². The molecule has 0 unspecified atom stereocenters. The minimum atomic E-state index is -3.39. The number of nitrogens with zero attached hydrogens (tertiary/aromatic N) is 1. The summed E-state index contributed by atoms with van der Waals surface area (Å²) in [6.45, 7) is 4.16. The molecule has 0 aliphatic carbocycles. The molecule has 7 heteroatoms. The van der Waals surface area contributed by atoms with Crippen LogP contribution in [0.2, 0.25) is 0 Å². The SMILES string of the molecule is Cc1cc(S(=O)(=O)NC2CCN(C)CC2)sc1CN. The Morgan fingerprint density at radius 3 is 2.63 bits per heavy atom. The second kappa shape index (κ2) is 5.88. The van der Waals surface area contributed by atoms with E-state index >= 15 is 0 Å². The van der Waals surface area contributed by atoms with Crippen LogP contribution in [-0.4, -0.2) is 39.5 Å². The summed E-state index contributed by atoms with van der Waals surface area (Å²) in [7, 11) is -1.34. The minimum Gasteiger partial charge on any atom is -0.326 e. The van der Waals surface area contributed by atoms with E-state index < -0.39 is 10.0 Å². The van der Waals surface area contributed by atoms with Crippen LogP contribution < -0.4 is 10.5 Å². The van der Waals surface area contributed by atoms with E-state index in [1.807, 2.05) is 6.92 Å². The zero-order valence-electron chi connectivity index (χ0n) is 11.3. The van der Waals surface area contributed by atoms with Crippen LogP contribution in [0.1, 0.15) is 23.3 Å². The lowest BCUT2D eigenvalue weighted by Crippen LogP contribution is -2.43. The van der Waals surface area contributed by atoms with Crippen molar-refractivity contribution >= 4 is 21.4 Å². The fourth-order valence-corrected chi connectivity index (χ4v) is 5.02. The third kappa shape index (κ3) is 3.55. The first-order valence-electron chi connectivity index (χ1n) is 6.42. The molecule has 1 aromatic heterocycles. The van der Waals surface area contributed by atoms with Gasteiger partial charge in [0.1, 0.15) is 4.21 Å². The summed E-state index contributed by atoms with van der Waals surface area (Å²) in [5.41, 5.74) is 6.55. The van der Waals surface area contributed by atoms with Crippen LogP contribution in [0.5, 0.6) is 0 Å². The summed E-state index contributed by atoms with van der Waals surface area (Å²) in [4.78, 5) is 3.15. The Hall–Kier alpha value is -0.470. The highest BCUT2D eigenvalue weighted by Crippen LogP contribution is 2.26. The van der Waals surface area contributed by atoms with E-state index in [2.05, 4.69) is 16.7 Å². The zero-order chi connectivity index (χ0) is 14.0. The number of hydrogen-bond donors (Lipinski definition) is 2. The van der Waals surface area contributed by atoms with Crippen molar-refractivity contribution in [2.75, 3.05) is 20.1 Å². The van der Waals surface area contributed by atoms with Gasteiger partial charge in [-0.15, -0.1) is 11.3 Å². The number of thiophene rings is 1. The maximum Gasteiger partial charge on any atom is 0.250 e. The summed E-state index contributed by atoms with van der Waals surface area (Å²) >= 11 is 1.27. The molecule has 1 aromatic rings. The summed E-state index contributed by atoms with van der Waals surface area (Å²) in [5.74, 6) is 0. The molecule has 1 saturated heterocycles. The van der Waals surface area contributed by atoms with Gasteiger partial charge in [-0.25, -0.2) is 13.1 Å². The first-order valence-corrected chi connectivity index (χ1v) is 8.72. The van der Waals surface area contributed by atoms with E-state index in [0.29, 0.717) is 10.8 Å². The third-order valence-corrected chi connectivity index (χ3v) is 6.74. The molecule has 0 bridgehead atoms. The summed E-state index contributed by atoms with van der Waals surface area (Å²) < 4.78 is 27.8. The Balaban J connectivity index is 2.09. The van der Waals surface area contributed by atoms with Crippen LogP contribution in [0.3, 0.4) is 0 Å². The molecule has 5 nitrogen and oxygen atoms in total. The highest BCUT2D eigenvalue weighted by molar-refractivity contribution is 7.91. The summed E-state index contributed by atoms with van der Waals surface area (Å²) in [5, 5.41) is 0. The maximum absolute atomic E-state index is 12.3. The lowest BCUT2D eigenvalue weighted by atomic mass is 10.1. The van der Waals surface area contributed by atoms with Gasteiger partial charge in [-0.3, -0.25) is 0 Å². The molecular formula is C12H21N3O2S2. The lowest BCUT2D eigenvalue weighted by Gasteiger charge is -2.29. The van der Waals surface area contributed by atoms with Crippen LogP contribution >= 0.6 is 11.3 Å². The Labute approximate surface area is 118 Å². The first kappa shape index (κ1) is 14.9. The number of rotatable bonds is 4. The van der Waals surface area contributed by atoms with Gasteiger partial charge >= 0.3 is 0 Å².